The highest BCUT2D eigenvalue weighted by molar-refractivity contribution is 6.30. The number of rotatable bonds is 6. The second-order valence-corrected chi connectivity index (χ2v) is 7.09. The van der Waals surface area contributed by atoms with Gasteiger partial charge in [0.05, 0.1) is 17.6 Å². The molecule has 0 saturated carbocycles. The molecule has 0 amide bonds. The zero-order valence-electron chi connectivity index (χ0n) is 15.7. The largest absolute Gasteiger partial charge is 0.492 e. The van der Waals surface area contributed by atoms with Crippen LogP contribution < -0.4 is 4.74 Å². The first-order chi connectivity index (χ1) is 13.7. The van der Waals surface area contributed by atoms with E-state index in [2.05, 4.69) is 35.8 Å². The molecular weight excluding hydrogens is 368 g/mol. The van der Waals surface area contributed by atoms with Gasteiger partial charge < -0.3 is 9.30 Å². The van der Waals surface area contributed by atoms with Gasteiger partial charge in [-0.15, -0.1) is 0 Å². The number of para-hydroxylation sites is 2. The Balaban J connectivity index is 1.56. The molecule has 4 rings (SSSR count). The van der Waals surface area contributed by atoms with E-state index in [1.54, 1.807) is 0 Å². The summed E-state index contributed by atoms with van der Waals surface area (Å²) in [5.41, 5.74) is 4.39. The number of nitrogens with zero attached hydrogens (tertiary/aromatic N) is 2. The summed E-state index contributed by atoms with van der Waals surface area (Å²) in [6.07, 6.45) is 4.09. The third-order valence-corrected chi connectivity index (χ3v) is 4.84. The van der Waals surface area contributed by atoms with Crippen LogP contribution in [-0.4, -0.2) is 16.2 Å². The van der Waals surface area contributed by atoms with E-state index in [-0.39, 0.29) is 0 Å². The van der Waals surface area contributed by atoms with Gasteiger partial charge in [-0.3, -0.25) is 0 Å². The summed E-state index contributed by atoms with van der Waals surface area (Å²) < 4.78 is 8.12. The summed E-state index contributed by atoms with van der Waals surface area (Å²) in [4.78, 5) is 4.78. The summed E-state index contributed by atoms with van der Waals surface area (Å²) in [6, 6.07) is 24.1. The molecule has 4 aromatic rings. The SMILES string of the molecule is Cc1ccc(OCCn2c(C=Cc3ccc(Cl)cc3)nc3ccccc32)cc1. The van der Waals surface area contributed by atoms with Crippen LogP contribution in [0.2, 0.25) is 5.02 Å². The van der Waals surface area contributed by atoms with Crippen molar-refractivity contribution in [2.24, 2.45) is 0 Å². The Kier molecular flexibility index (Phi) is 5.45. The molecule has 3 aromatic carbocycles. The van der Waals surface area contributed by atoms with Gasteiger partial charge in [0.2, 0.25) is 0 Å². The minimum Gasteiger partial charge on any atom is -0.492 e. The van der Waals surface area contributed by atoms with E-state index in [1.807, 2.05) is 60.7 Å². The molecule has 0 unspecified atom stereocenters. The van der Waals surface area contributed by atoms with Crippen LogP contribution in [-0.2, 0) is 6.54 Å². The molecule has 0 aliphatic heterocycles. The molecule has 0 aliphatic rings. The molecule has 28 heavy (non-hydrogen) atoms. The summed E-state index contributed by atoms with van der Waals surface area (Å²) in [6.45, 7) is 3.36. The molecule has 1 aromatic heterocycles. The van der Waals surface area contributed by atoms with Gasteiger partial charge in [-0.2, -0.15) is 0 Å². The fourth-order valence-corrected chi connectivity index (χ4v) is 3.22. The topological polar surface area (TPSA) is 27.1 Å². The number of fused-ring (bicyclic) bond motifs is 1. The van der Waals surface area contributed by atoms with Crippen molar-refractivity contribution in [3.8, 4) is 5.75 Å². The van der Waals surface area contributed by atoms with Crippen LogP contribution in [0.15, 0.2) is 72.8 Å². The number of aryl methyl sites for hydroxylation is 1. The van der Waals surface area contributed by atoms with Crippen LogP contribution >= 0.6 is 11.6 Å². The molecule has 0 bridgehead atoms. The molecule has 140 valence electrons. The minimum atomic E-state index is 0.575. The van der Waals surface area contributed by atoms with Crippen molar-refractivity contribution >= 4 is 34.8 Å². The fraction of sp³-hybridized carbons (Fsp3) is 0.125. The lowest BCUT2D eigenvalue weighted by molar-refractivity contribution is 0.299. The Labute approximate surface area is 169 Å². The third-order valence-electron chi connectivity index (χ3n) is 4.58. The minimum absolute atomic E-state index is 0.575. The Morgan fingerprint density at radius 1 is 0.929 bits per heavy atom. The van der Waals surface area contributed by atoms with E-state index in [0.29, 0.717) is 13.2 Å². The number of benzene rings is 3. The second kappa shape index (κ2) is 8.32. The van der Waals surface area contributed by atoms with Crippen molar-refractivity contribution in [3.05, 3.63) is 94.8 Å². The normalized spacial score (nSPS) is 11.4. The highest BCUT2D eigenvalue weighted by atomic mass is 35.5. The molecule has 0 aliphatic carbocycles. The van der Waals surface area contributed by atoms with Crippen molar-refractivity contribution in [1.29, 1.82) is 0 Å². The molecule has 4 heteroatoms. The summed E-state index contributed by atoms with van der Waals surface area (Å²) in [5.74, 6) is 1.79. The molecule has 0 fully saturated rings. The van der Waals surface area contributed by atoms with Crippen LogP contribution in [0, 0.1) is 6.92 Å². The first-order valence-corrected chi connectivity index (χ1v) is 9.65. The number of hydrogen-bond acceptors (Lipinski definition) is 2. The van der Waals surface area contributed by atoms with Gasteiger partial charge in [0.1, 0.15) is 18.2 Å². The molecule has 3 nitrogen and oxygen atoms in total. The smallest absolute Gasteiger partial charge is 0.133 e. The highest BCUT2D eigenvalue weighted by Gasteiger charge is 2.08. The maximum absolute atomic E-state index is 5.97. The Morgan fingerprint density at radius 3 is 2.46 bits per heavy atom. The van der Waals surface area contributed by atoms with Gasteiger partial charge in [-0.25, -0.2) is 4.98 Å². The van der Waals surface area contributed by atoms with E-state index in [1.165, 1.54) is 5.56 Å². The zero-order valence-corrected chi connectivity index (χ0v) is 16.4. The van der Waals surface area contributed by atoms with Crippen molar-refractivity contribution in [2.75, 3.05) is 6.61 Å². The van der Waals surface area contributed by atoms with Crippen LogP contribution in [0.25, 0.3) is 23.2 Å². The average Bonchev–Trinajstić information content (AvgIpc) is 3.07. The van der Waals surface area contributed by atoms with E-state index in [0.717, 1.165) is 33.2 Å². The van der Waals surface area contributed by atoms with E-state index in [9.17, 15) is 0 Å². The molecule has 0 radical (unpaired) electrons. The first kappa shape index (κ1) is 18.3. The number of ether oxygens (including phenoxy) is 1. The van der Waals surface area contributed by atoms with Crippen molar-refractivity contribution in [2.45, 2.75) is 13.5 Å². The molecular formula is C24H21ClN2O. The molecule has 1 heterocycles. The zero-order chi connectivity index (χ0) is 19.3. The lowest BCUT2D eigenvalue weighted by Crippen LogP contribution is -2.09. The van der Waals surface area contributed by atoms with E-state index >= 15 is 0 Å². The van der Waals surface area contributed by atoms with Gasteiger partial charge in [0, 0.05) is 5.02 Å². The molecule has 0 saturated heterocycles. The monoisotopic (exact) mass is 388 g/mol. The predicted molar refractivity (Wildman–Crippen MR) is 117 cm³/mol. The fourth-order valence-electron chi connectivity index (χ4n) is 3.09. The summed E-state index contributed by atoms with van der Waals surface area (Å²) in [5, 5.41) is 0.734. The number of halogens is 1. The number of hydrogen-bond donors (Lipinski definition) is 0. The van der Waals surface area contributed by atoms with E-state index in [4.69, 9.17) is 21.3 Å². The van der Waals surface area contributed by atoms with Crippen LogP contribution in [0.5, 0.6) is 5.75 Å². The summed E-state index contributed by atoms with van der Waals surface area (Å²) >= 11 is 5.97. The van der Waals surface area contributed by atoms with Gasteiger partial charge in [0.15, 0.2) is 0 Å². The third kappa shape index (κ3) is 4.26. The van der Waals surface area contributed by atoms with E-state index < -0.39 is 0 Å². The van der Waals surface area contributed by atoms with Gasteiger partial charge in [-0.1, -0.05) is 59.6 Å². The van der Waals surface area contributed by atoms with Gasteiger partial charge >= 0.3 is 0 Å². The maximum Gasteiger partial charge on any atom is 0.133 e. The van der Waals surface area contributed by atoms with Crippen molar-refractivity contribution < 1.29 is 4.74 Å². The lowest BCUT2D eigenvalue weighted by atomic mass is 10.2. The maximum atomic E-state index is 5.97. The first-order valence-electron chi connectivity index (χ1n) is 9.27. The number of imidazole rings is 1. The van der Waals surface area contributed by atoms with Crippen LogP contribution in [0.3, 0.4) is 0 Å². The van der Waals surface area contributed by atoms with Gasteiger partial charge in [-0.05, 0) is 55.0 Å². The Morgan fingerprint density at radius 2 is 1.68 bits per heavy atom. The molecule has 0 N–H and O–H groups in total. The lowest BCUT2D eigenvalue weighted by Gasteiger charge is -2.10. The average molecular weight is 389 g/mol. The highest BCUT2D eigenvalue weighted by Crippen LogP contribution is 2.19. The Bertz CT molecular complexity index is 1100. The van der Waals surface area contributed by atoms with Gasteiger partial charge in [0.25, 0.3) is 0 Å². The van der Waals surface area contributed by atoms with Crippen molar-refractivity contribution in [3.63, 3.8) is 0 Å². The quantitative estimate of drug-likeness (QED) is 0.390. The summed E-state index contributed by atoms with van der Waals surface area (Å²) in [7, 11) is 0. The number of aromatic nitrogens is 2. The van der Waals surface area contributed by atoms with Crippen molar-refractivity contribution in [1.82, 2.24) is 9.55 Å². The Hall–Kier alpha value is -3.04. The molecule has 0 spiro atoms. The second-order valence-electron chi connectivity index (χ2n) is 6.66. The molecule has 0 atom stereocenters. The predicted octanol–water partition coefficient (Wildman–Crippen LogP) is 6.25. The van der Waals surface area contributed by atoms with Crippen LogP contribution in [0.4, 0.5) is 0 Å². The standard InChI is InChI=1S/C24H21ClN2O/c1-18-6-13-21(14-7-18)28-17-16-27-23-5-3-2-4-22(23)26-24(27)15-10-19-8-11-20(25)12-9-19/h2-15H,16-17H2,1H3. The van der Waals surface area contributed by atoms with Crippen LogP contribution in [0.1, 0.15) is 17.0 Å².